The summed E-state index contributed by atoms with van der Waals surface area (Å²) in [6.07, 6.45) is -0.512. The molecule has 1 aliphatic rings. The van der Waals surface area contributed by atoms with E-state index < -0.39 is 21.2 Å². The highest BCUT2D eigenvalue weighted by atomic mass is 32.2. The summed E-state index contributed by atoms with van der Waals surface area (Å²) >= 11 is 0. The number of rotatable bonds is 6. The van der Waals surface area contributed by atoms with E-state index in [0.717, 1.165) is 24.5 Å². The second-order valence-corrected chi connectivity index (χ2v) is 12.4. The molecule has 8 nitrogen and oxygen atoms in total. The Morgan fingerprint density at radius 3 is 2.42 bits per heavy atom. The molecular formula is C24H34N4O4S. The van der Waals surface area contributed by atoms with Crippen molar-refractivity contribution in [1.29, 1.82) is 0 Å². The Hall–Kier alpha value is -2.65. The lowest BCUT2D eigenvalue weighted by Crippen LogP contribution is -2.37. The number of morpholine rings is 1. The van der Waals surface area contributed by atoms with Crippen molar-refractivity contribution in [3.05, 3.63) is 36.0 Å². The molecule has 0 aliphatic carbocycles. The van der Waals surface area contributed by atoms with Crippen molar-refractivity contribution in [2.24, 2.45) is 0 Å². The zero-order chi connectivity index (χ0) is 24.2. The minimum absolute atomic E-state index is 0.0547. The molecule has 1 fully saturated rings. The molecule has 1 atom stereocenters. The van der Waals surface area contributed by atoms with Gasteiger partial charge in [0.25, 0.3) is 0 Å². The number of benzene rings is 1. The first kappa shape index (κ1) is 25.0. The van der Waals surface area contributed by atoms with Crippen molar-refractivity contribution < 1.29 is 18.5 Å². The predicted octanol–water partition coefficient (Wildman–Crippen LogP) is 3.95. The second kappa shape index (κ2) is 10.1. The standard InChI is InChI=1S/C24H34N4O4S/c1-17(2)33(6,30)16-20-15-21(28-11-13-31-14-12-28)27-22(25-20)18-7-9-19(10-8-18)26-23(29)32-24(3,4)5/h7-10,15,17H,6,11-14,16H2,1-5H3,(H,26,29). The molecule has 1 aliphatic heterocycles. The fourth-order valence-corrected chi connectivity index (χ4v) is 4.16. The molecule has 2 heterocycles. The molecule has 1 saturated heterocycles. The largest absolute Gasteiger partial charge is 0.444 e. The maximum atomic E-state index is 13.0. The molecule has 0 bridgehead atoms. The van der Waals surface area contributed by atoms with E-state index >= 15 is 0 Å². The van der Waals surface area contributed by atoms with Gasteiger partial charge in [0, 0.05) is 35.7 Å². The first-order valence-electron chi connectivity index (χ1n) is 11.1. The Balaban J connectivity index is 1.89. The van der Waals surface area contributed by atoms with Crippen LogP contribution in [0.5, 0.6) is 0 Å². The van der Waals surface area contributed by atoms with Crippen LogP contribution in [0.25, 0.3) is 11.4 Å². The van der Waals surface area contributed by atoms with Gasteiger partial charge >= 0.3 is 6.09 Å². The van der Waals surface area contributed by atoms with Gasteiger partial charge in [-0.1, -0.05) is 13.8 Å². The lowest BCUT2D eigenvalue weighted by Gasteiger charge is -2.28. The minimum atomic E-state index is -2.33. The van der Waals surface area contributed by atoms with Crippen molar-refractivity contribution in [3.63, 3.8) is 0 Å². The van der Waals surface area contributed by atoms with Crippen molar-refractivity contribution in [3.8, 4) is 11.4 Å². The lowest BCUT2D eigenvalue weighted by atomic mass is 10.2. The maximum absolute atomic E-state index is 13.0. The van der Waals surface area contributed by atoms with Crippen LogP contribution in [0.2, 0.25) is 0 Å². The Bertz CT molecular complexity index is 1070. The number of nitrogens with zero attached hydrogens (tertiary/aromatic N) is 3. The second-order valence-electron chi connectivity index (χ2n) is 9.41. The number of anilines is 2. The molecule has 1 N–H and O–H groups in total. The lowest BCUT2D eigenvalue weighted by molar-refractivity contribution is 0.0636. The number of amides is 1. The summed E-state index contributed by atoms with van der Waals surface area (Å²) < 4.78 is 23.7. The molecule has 3 rings (SSSR count). The molecule has 1 unspecified atom stereocenters. The van der Waals surface area contributed by atoms with Crippen molar-refractivity contribution >= 4 is 33.0 Å². The van der Waals surface area contributed by atoms with Crippen molar-refractivity contribution in [1.82, 2.24) is 9.97 Å². The van der Waals surface area contributed by atoms with E-state index in [1.54, 1.807) is 12.1 Å². The number of ether oxygens (including phenoxy) is 2. The van der Waals surface area contributed by atoms with Crippen molar-refractivity contribution in [2.75, 3.05) is 36.5 Å². The number of aromatic nitrogens is 2. The summed E-state index contributed by atoms with van der Waals surface area (Å²) in [6, 6.07) is 9.16. The summed E-state index contributed by atoms with van der Waals surface area (Å²) in [5.74, 6) is 5.57. The maximum Gasteiger partial charge on any atom is 0.412 e. The molecule has 0 saturated carbocycles. The van der Waals surface area contributed by atoms with Gasteiger partial charge in [-0.15, -0.1) is 0 Å². The summed E-state index contributed by atoms with van der Waals surface area (Å²) in [6.45, 7) is 12.0. The van der Waals surface area contributed by atoms with E-state index in [4.69, 9.17) is 19.4 Å². The Labute approximate surface area is 196 Å². The third kappa shape index (κ3) is 7.17. The van der Waals surface area contributed by atoms with Gasteiger partial charge in [0.1, 0.15) is 11.4 Å². The van der Waals surface area contributed by atoms with E-state index in [-0.39, 0.29) is 11.0 Å². The molecule has 2 aromatic rings. The first-order chi connectivity index (χ1) is 15.4. The highest BCUT2D eigenvalue weighted by molar-refractivity contribution is 8.00. The average molecular weight is 475 g/mol. The molecule has 0 radical (unpaired) electrons. The number of carbonyl (C=O) groups is 1. The van der Waals surface area contributed by atoms with Gasteiger partial charge < -0.3 is 14.4 Å². The third-order valence-electron chi connectivity index (χ3n) is 5.14. The van der Waals surface area contributed by atoms with Crippen LogP contribution in [0, 0.1) is 0 Å². The van der Waals surface area contributed by atoms with Crippen LogP contribution in [0.15, 0.2) is 30.3 Å². The Morgan fingerprint density at radius 2 is 1.85 bits per heavy atom. The van der Waals surface area contributed by atoms with Crippen LogP contribution in [0.4, 0.5) is 16.3 Å². The van der Waals surface area contributed by atoms with Crippen LogP contribution < -0.4 is 10.2 Å². The molecule has 0 spiro atoms. The van der Waals surface area contributed by atoms with Crippen LogP contribution in [0.1, 0.15) is 40.3 Å². The number of nitrogens with one attached hydrogen (secondary N) is 1. The average Bonchev–Trinajstić information content (AvgIpc) is 2.73. The van der Waals surface area contributed by atoms with Crippen LogP contribution >= 0.6 is 0 Å². The summed E-state index contributed by atoms with van der Waals surface area (Å²) in [4.78, 5) is 23.7. The number of carbonyl (C=O) groups excluding carboxylic acids is 1. The van der Waals surface area contributed by atoms with Crippen LogP contribution in [-0.2, 0) is 24.7 Å². The molecule has 1 aromatic carbocycles. The zero-order valence-electron chi connectivity index (χ0n) is 20.1. The molecular weight excluding hydrogens is 440 g/mol. The number of hydrogen-bond donors (Lipinski definition) is 1. The van der Waals surface area contributed by atoms with Gasteiger partial charge in [0.15, 0.2) is 5.82 Å². The van der Waals surface area contributed by atoms with Gasteiger partial charge in [0.2, 0.25) is 0 Å². The first-order valence-corrected chi connectivity index (χ1v) is 13.0. The molecule has 1 aromatic heterocycles. The molecule has 33 heavy (non-hydrogen) atoms. The minimum Gasteiger partial charge on any atom is -0.444 e. The normalized spacial score (nSPS) is 16.4. The van der Waals surface area contributed by atoms with E-state index in [0.29, 0.717) is 30.4 Å². The topological polar surface area (TPSA) is 93.7 Å². The third-order valence-corrected chi connectivity index (χ3v) is 7.64. The summed E-state index contributed by atoms with van der Waals surface area (Å²) in [5, 5.41) is 2.67. The molecule has 9 heteroatoms. The molecule has 180 valence electrons. The fraction of sp³-hybridized carbons (Fsp3) is 0.500. The van der Waals surface area contributed by atoms with Crippen molar-refractivity contribution in [2.45, 2.75) is 51.2 Å². The van der Waals surface area contributed by atoms with Gasteiger partial charge in [-0.25, -0.2) is 14.8 Å². The zero-order valence-corrected chi connectivity index (χ0v) is 20.9. The SMILES string of the molecule is C=S(=O)(Cc1cc(N2CCOCC2)nc(-c2ccc(NC(=O)OC(C)(C)C)cc2)n1)C(C)C. The van der Waals surface area contributed by atoms with E-state index in [2.05, 4.69) is 16.1 Å². The smallest absolute Gasteiger partial charge is 0.412 e. The van der Waals surface area contributed by atoms with Gasteiger partial charge in [-0.2, -0.15) is 0 Å². The van der Waals surface area contributed by atoms with Gasteiger partial charge in [-0.05, 0) is 60.4 Å². The summed E-state index contributed by atoms with van der Waals surface area (Å²) in [5.41, 5.74) is 1.53. The summed E-state index contributed by atoms with van der Waals surface area (Å²) in [7, 11) is -2.33. The van der Waals surface area contributed by atoms with Crippen LogP contribution in [-0.4, -0.2) is 63.3 Å². The number of hydrogen-bond acceptors (Lipinski definition) is 7. The van der Waals surface area contributed by atoms with E-state index in [9.17, 15) is 9.00 Å². The van der Waals surface area contributed by atoms with Gasteiger partial charge in [-0.3, -0.25) is 9.53 Å². The fourth-order valence-electron chi connectivity index (χ4n) is 3.18. The van der Waals surface area contributed by atoms with Gasteiger partial charge in [0.05, 0.1) is 24.7 Å². The van der Waals surface area contributed by atoms with E-state index in [1.165, 1.54) is 0 Å². The van der Waals surface area contributed by atoms with Crippen LogP contribution in [0.3, 0.4) is 0 Å². The predicted molar refractivity (Wildman–Crippen MR) is 134 cm³/mol. The highest BCUT2D eigenvalue weighted by Gasteiger charge is 2.19. The highest BCUT2D eigenvalue weighted by Crippen LogP contribution is 2.24. The molecule has 1 amide bonds. The monoisotopic (exact) mass is 474 g/mol. The van der Waals surface area contributed by atoms with E-state index in [1.807, 2.05) is 52.8 Å². The Kier molecular flexibility index (Phi) is 7.64. The Morgan fingerprint density at radius 1 is 1.21 bits per heavy atom. The quantitative estimate of drug-likeness (QED) is 0.634.